The summed E-state index contributed by atoms with van der Waals surface area (Å²) in [7, 11) is 0. The molecule has 1 aromatic rings. The van der Waals surface area contributed by atoms with Crippen molar-refractivity contribution < 1.29 is 4.92 Å². The van der Waals surface area contributed by atoms with Crippen molar-refractivity contribution in [1.82, 2.24) is 15.3 Å². The summed E-state index contributed by atoms with van der Waals surface area (Å²) in [5.41, 5.74) is -0.0769. The molecule has 0 radical (unpaired) electrons. The lowest BCUT2D eigenvalue weighted by atomic mass is 10.2. The van der Waals surface area contributed by atoms with E-state index < -0.39 is 4.92 Å². The Kier molecular flexibility index (Phi) is 2.95. The van der Waals surface area contributed by atoms with Gasteiger partial charge >= 0.3 is 5.69 Å². The van der Waals surface area contributed by atoms with Crippen LogP contribution in [0.3, 0.4) is 0 Å². The first-order valence-electron chi connectivity index (χ1n) is 5.11. The summed E-state index contributed by atoms with van der Waals surface area (Å²) in [4.78, 5) is 20.0. The van der Waals surface area contributed by atoms with E-state index in [0.717, 1.165) is 19.6 Å². The molecule has 2 heterocycles. The molecule has 0 saturated carbocycles. The number of anilines is 1. The number of rotatable bonds is 2. The van der Waals surface area contributed by atoms with Crippen molar-refractivity contribution in [2.75, 3.05) is 24.5 Å². The molecule has 1 N–H and O–H groups in total. The van der Waals surface area contributed by atoms with Gasteiger partial charge in [0, 0.05) is 25.7 Å². The summed E-state index contributed by atoms with van der Waals surface area (Å²) < 4.78 is 0. The minimum atomic E-state index is -0.496. The van der Waals surface area contributed by atoms with Gasteiger partial charge in [0.1, 0.15) is 12.4 Å². The van der Waals surface area contributed by atoms with Crippen molar-refractivity contribution in [3.63, 3.8) is 0 Å². The number of hydrogen-bond donors (Lipinski definition) is 1. The lowest BCUT2D eigenvalue weighted by molar-refractivity contribution is -0.385. The molecule has 2 rings (SSSR count). The molecule has 1 aromatic heterocycles. The Labute approximate surface area is 92.7 Å². The van der Waals surface area contributed by atoms with Gasteiger partial charge in [-0.25, -0.2) is 9.97 Å². The third-order valence-electron chi connectivity index (χ3n) is 2.49. The largest absolute Gasteiger partial charge is 0.338 e. The van der Waals surface area contributed by atoms with E-state index in [-0.39, 0.29) is 5.69 Å². The van der Waals surface area contributed by atoms with Gasteiger partial charge in [0.25, 0.3) is 0 Å². The van der Waals surface area contributed by atoms with Crippen LogP contribution in [0, 0.1) is 10.1 Å². The first-order valence-corrected chi connectivity index (χ1v) is 5.11. The Morgan fingerprint density at radius 3 is 2.81 bits per heavy atom. The molecule has 7 nitrogen and oxygen atoms in total. The first kappa shape index (κ1) is 10.7. The Balaban J connectivity index is 2.11. The molecule has 0 bridgehead atoms. The molecule has 1 saturated heterocycles. The average Bonchev–Trinajstić information content (AvgIpc) is 2.29. The fraction of sp³-hybridized carbons (Fsp3) is 0.556. The van der Waals surface area contributed by atoms with Crippen LogP contribution in [0.2, 0.25) is 0 Å². The van der Waals surface area contributed by atoms with Crippen molar-refractivity contribution in [3.05, 3.63) is 22.5 Å². The van der Waals surface area contributed by atoms with Crippen molar-refractivity contribution in [2.24, 2.45) is 0 Å². The highest BCUT2D eigenvalue weighted by Gasteiger charge is 2.18. The Hall–Kier alpha value is -1.76. The van der Waals surface area contributed by atoms with Gasteiger partial charge in [0.15, 0.2) is 0 Å². The van der Waals surface area contributed by atoms with Crippen LogP contribution in [0.5, 0.6) is 0 Å². The zero-order valence-electron chi connectivity index (χ0n) is 8.96. The van der Waals surface area contributed by atoms with E-state index >= 15 is 0 Å². The van der Waals surface area contributed by atoms with Gasteiger partial charge in [-0.05, 0) is 6.92 Å². The number of hydrogen-bond acceptors (Lipinski definition) is 6. The van der Waals surface area contributed by atoms with E-state index in [4.69, 9.17) is 0 Å². The van der Waals surface area contributed by atoms with Crippen LogP contribution in [0.1, 0.15) is 6.92 Å². The average molecular weight is 223 g/mol. The highest BCUT2D eigenvalue weighted by atomic mass is 16.6. The Morgan fingerprint density at radius 1 is 1.56 bits per heavy atom. The van der Waals surface area contributed by atoms with E-state index in [0.29, 0.717) is 12.0 Å². The molecule has 1 unspecified atom stereocenters. The second-order valence-electron chi connectivity index (χ2n) is 3.80. The maximum absolute atomic E-state index is 10.4. The molecular weight excluding hydrogens is 210 g/mol. The number of nitro groups is 1. The lowest BCUT2D eigenvalue weighted by Crippen LogP contribution is -2.49. The first-order chi connectivity index (χ1) is 7.66. The number of nitrogens with one attached hydrogen (secondary N) is 1. The van der Waals surface area contributed by atoms with Crippen LogP contribution >= 0.6 is 0 Å². The summed E-state index contributed by atoms with van der Waals surface area (Å²) in [6.45, 7) is 4.60. The molecule has 7 heteroatoms. The second-order valence-corrected chi connectivity index (χ2v) is 3.80. The van der Waals surface area contributed by atoms with Gasteiger partial charge in [-0.1, -0.05) is 0 Å². The molecule has 0 spiro atoms. The molecule has 0 aliphatic carbocycles. The van der Waals surface area contributed by atoms with Crippen molar-refractivity contribution >= 4 is 11.6 Å². The zero-order valence-corrected chi connectivity index (χ0v) is 8.96. The third kappa shape index (κ3) is 2.25. The Morgan fingerprint density at radius 2 is 2.25 bits per heavy atom. The molecular formula is C9H13N5O2. The smallest absolute Gasteiger partial charge is 0.305 e. The molecule has 1 aliphatic heterocycles. The molecule has 86 valence electrons. The standard InChI is InChI=1S/C9H13N5O2/c1-7-6-13(3-2-10-7)9-11-4-8(5-12-9)14(15)16/h4-5,7,10H,2-3,6H2,1H3. The van der Waals surface area contributed by atoms with Crippen molar-refractivity contribution in [3.8, 4) is 0 Å². The molecule has 1 fully saturated rings. The molecule has 1 aliphatic rings. The van der Waals surface area contributed by atoms with Crippen LogP contribution in [0.25, 0.3) is 0 Å². The highest BCUT2D eigenvalue weighted by Crippen LogP contribution is 2.13. The fourth-order valence-electron chi connectivity index (χ4n) is 1.69. The summed E-state index contributed by atoms with van der Waals surface area (Å²) in [5, 5.41) is 13.7. The normalized spacial score (nSPS) is 20.8. The number of piperazine rings is 1. The van der Waals surface area contributed by atoms with E-state index in [1.807, 2.05) is 4.90 Å². The predicted molar refractivity (Wildman–Crippen MR) is 58.4 cm³/mol. The highest BCUT2D eigenvalue weighted by molar-refractivity contribution is 5.34. The fourth-order valence-corrected chi connectivity index (χ4v) is 1.69. The predicted octanol–water partition coefficient (Wildman–Crippen LogP) is 0.183. The van der Waals surface area contributed by atoms with E-state index in [1.165, 1.54) is 12.4 Å². The lowest BCUT2D eigenvalue weighted by Gasteiger charge is -2.31. The monoisotopic (exact) mass is 223 g/mol. The SMILES string of the molecule is CC1CN(c2ncc([N+](=O)[O-])cn2)CCN1. The molecule has 1 atom stereocenters. The maximum atomic E-state index is 10.4. The number of aromatic nitrogens is 2. The van der Waals surface area contributed by atoms with Gasteiger partial charge in [0.2, 0.25) is 5.95 Å². The van der Waals surface area contributed by atoms with Gasteiger partial charge in [-0.3, -0.25) is 10.1 Å². The van der Waals surface area contributed by atoms with Gasteiger partial charge in [0.05, 0.1) is 4.92 Å². The summed E-state index contributed by atoms with van der Waals surface area (Å²) >= 11 is 0. The molecule has 0 amide bonds. The Bertz CT molecular complexity index is 380. The summed E-state index contributed by atoms with van der Waals surface area (Å²) in [6, 6.07) is 0.382. The molecule has 16 heavy (non-hydrogen) atoms. The minimum Gasteiger partial charge on any atom is -0.338 e. The minimum absolute atomic E-state index is 0.0769. The van der Waals surface area contributed by atoms with Crippen LogP contribution in [-0.4, -0.2) is 40.6 Å². The topological polar surface area (TPSA) is 84.2 Å². The quantitative estimate of drug-likeness (QED) is 0.569. The maximum Gasteiger partial charge on any atom is 0.305 e. The van der Waals surface area contributed by atoms with Gasteiger partial charge in [-0.15, -0.1) is 0 Å². The third-order valence-corrected chi connectivity index (χ3v) is 2.49. The van der Waals surface area contributed by atoms with E-state index in [2.05, 4.69) is 22.2 Å². The number of nitrogens with zero attached hydrogens (tertiary/aromatic N) is 4. The van der Waals surface area contributed by atoms with E-state index in [1.54, 1.807) is 0 Å². The van der Waals surface area contributed by atoms with Gasteiger partial charge in [-0.2, -0.15) is 0 Å². The van der Waals surface area contributed by atoms with Crippen LogP contribution < -0.4 is 10.2 Å². The van der Waals surface area contributed by atoms with Crippen molar-refractivity contribution in [2.45, 2.75) is 13.0 Å². The second kappa shape index (κ2) is 4.40. The van der Waals surface area contributed by atoms with Crippen LogP contribution in [0.15, 0.2) is 12.4 Å². The van der Waals surface area contributed by atoms with Crippen molar-refractivity contribution in [1.29, 1.82) is 0 Å². The van der Waals surface area contributed by atoms with Gasteiger partial charge < -0.3 is 10.2 Å². The molecule has 0 aromatic carbocycles. The van der Waals surface area contributed by atoms with E-state index in [9.17, 15) is 10.1 Å². The van der Waals surface area contributed by atoms with Crippen LogP contribution in [0.4, 0.5) is 11.6 Å². The summed E-state index contributed by atoms with van der Waals surface area (Å²) in [6.07, 6.45) is 2.49. The zero-order chi connectivity index (χ0) is 11.5. The summed E-state index contributed by atoms with van der Waals surface area (Å²) in [5.74, 6) is 0.555. The van der Waals surface area contributed by atoms with Crippen LogP contribution in [-0.2, 0) is 0 Å².